The van der Waals surface area contributed by atoms with E-state index in [9.17, 15) is 24.3 Å². The molecule has 0 amide bonds. The van der Waals surface area contributed by atoms with E-state index >= 15 is 0 Å². The average Bonchev–Trinajstić information content (AvgIpc) is 3.38. The number of carbonyl (C=O) groups is 4. The Labute approximate surface area is 206 Å². The zero-order valence-corrected chi connectivity index (χ0v) is 19.6. The summed E-state index contributed by atoms with van der Waals surface area (Å²) in [4.78, 5) is 49.1. The van der Waals surface area contributed by atoms with Gasteiger partial charge in [0.2, 0.25) is 0 Å². The van der Waals surface area contributed by atoms with Crippen molar-refractivity contribution in [3.63, 3.8) is 0 Å². The number of hydrogen-bond acceptors (Lipinski definition) is 8. The first-order valence-corrected chi connectivity index (χ1v) is 12.0. The van der Waals surface area contributed by atoms with Crippen LogP contribution in [0.25, 0.3) is 10.8 Å². The largest absolute Gasteiger partial charge is 0.485 e. The molecule has 0 saturated carbocycles. The molecule has 3 aromatic carbocycles. The smallest absolute Gasteiger partial charge is 0.339 e. The minimum absolute atomic E-state index is 0.0814. The zero-order valence-electron chi connectivity index (χ0n) is 18.8. The number of aldehydes is 1. The lowest BCUT2D eigenvalue weighted by Gasteiger charge is -2.37. The van der Waals surface area contributed by atoms with E-state index in [0.717, 1.165) is 10.8 Å². The molecule has 3 N–H and O–H groups in total. The van der Waals surface area contributed by atoms with Crippen LogP contribution in [0.15, 0.2) is 66.7 Å². The van der Waals surface area contributed by atoms with Gasteiger partial charge in [-0.2, -0.15) is 0 Å². The molecule has 1 heterocycles. The van der Waals surface area contributed by atoms with Crippen LogP contribution >= 0.6 is 11.8 Å². The third kappa shape index (κ3) is 5.12. The number of Topliss-reactive ketones (excluding diaryl/α,β-unsaturated/α-hetero) is 2. The summed E-state index contributed by atoms with van der Waals surface area (Å²) in [5.41, 5.74) is 5.21. The lowest BCUT2D eigenvalue weighted by Crippen LogP contribution is -2.62. The number of nitrogens with two attached hydrogens (primary N) is 1. The van der Waals surface area contributed by atoms with Crippen molar-refractivity contribution in [1.82, 2.24) is 4.90 Å². The maximum absolute atomic E-state index is 12.9. The van der Waals surface area contributed by atoms with Gasteiger partial charge in [-0.1, -0.05) is 54.6 Å². The Hall–Kier alpha value is -3.53. The van der Waals surface area contributed by atoms with Crippen LogP contribution in [0.2, 0.25) is 0 Å². The molecule has 0 bridgehead atoms. The van der Waals surface area contributed by atoms with Crippen LogP contribution in [0.5, 0.6) is 5.75 Å². The van der Waals surface area contributed by atoms with E-state index in [0.29, 0.717) is 29.2 Å². The van der Waals surface area contributed by atoms with Gasteiger partial charge in [-0.15, -0.1) is 11.8 Å². The summed E-state index contributed by atoms with van der Waals surface area (Å²) in [7, 11) is 0. The predicted octanol–water partition coefficient (Wildman–Crippen LogP) is 3.05. The van der Waals surface area contributed by atoms with Crippen molar-refractivity contribution in [2.45, 2.75) is 17.5 Å². The Morgan fingerprint density at radius 3 is 2.63 bits per heavy atom. The molecule has 0 radical (unpaired) electrons. The highest BCUT2D eigenvalue weighted by atomic mass is 32.2. The maximum atomic E-state index is 12.9. The summed E-state index contributed by atoms with van der Waals surface area (Å²) in [6, 6.07) is 20.2. The van der Waals surface area contributed by atoms with Crippen molar-refractivity contribution in [3.8, 4) is 5.75 Å². The number of ether oxygens (including phenoxy) is 1. The average molecular weight is 493 g/mol. The number of thioether (sulfide) groups is 1. The molecule has 0 spiro atoms. The number of carboxylic acid groups (broad SMARTS) is 1. The molecular weight excluding hydrogens is 468 g/mol. The number of carbonyl (C=O) groups excluding carboxylic acids is 3. The zero-order chi connectivity index (χ0) is 25.0. The van der Waals surface area contributed by atoms with Crippen LogP contribution in [0.3, 0.4) is 0 Å². The maximum Gasteiger partial charge on any atom is 0.339 e. The molecule has 8 nitrogen and oxygen atoms in total. The van der Waals surface area contributed by atoms with Crippen LogP contribution in [0.1, 0.15) is 27.7 Å². The van der Waals surface area contributed by atoms with Crippen molar-refractivity contribution in [2.75, 3.05) is 18.9 Å². The third-order valence-corrected chi connectivity index (χ3v) is 7.21. The van der Waals surface area contributed by atoms with E-state index in [1.165, 1.54) is 16.7 Å². The fraction of sp³-hybridized carbons (Fsp3) is 0.231. The topological polar surface area (TPSA) is 127 Å². The second kappa shape index (κ2) is 10.4. The van der Waals surface area contributed by atoms with Gasteiger partial charge in [0.15, 0.2) is 30.1 Å². The molecule has 9 heteroatoms. The Balaban J connectivity index is 1.53. The molecule has 180 valence electrons. The number of rotatable bonds is 10. The van der Waals surface area contributed by atoms with E-state index in [-0.39, 0.29) is 18.7 Å². The molecule has 0 aromatic heterocycles. The van der Waals surface area contributed by atoms with Gasteiger partial charge in [-0.3, -0.25) is 19.3 Å². The van der Waals surface area contributed by atoms with Crippen molar-refractivity contribution in [2.24, 2.45) is 5.73 Å². The van der Waals surface area contributed by atoms with E-state index in [2.05, 4.69) is 0 Å². The van der Waals surface area contributed by atoms with Gasteiger partial charge in [-0.05, 0) is 23.1 Å². The van der Waals surface area contributed by atoms with E-state index < -0.39 is 29.2 Å². The normalized spacial score (nSPS) is 17.6. The van der Waals surface area contributed by atoms with Crippen LogP contribution in [0.4, 0.5) is 0 Å². The van der Waals surface area contributed by atoms with Crippen molar-refractivity contribution in [3.05, 3.63) is 77.9 Å². The summed E-state index contributed by atoms with van der Waals surface area (Å²) in [5.74, 6) is -1.33. The van der Waals surface area contributed by atoms with Gasteiger partial charge in [0.25, 0.3) is 0 Å². The Morgan fingerprint density at radius 1 is 1.11 bits per heavy atom. The lowest BCUT2D eigenvalue weighted by atomic mass is 10.00. The highest BCUT2D eigenvalue weighted by Gasteiger charge is 2.48. The Morgan fingerprint density at radius 2 is 1.86 bits per heavy atom. The fourth-order valence-electron chi connectivity index (χ4n) is 4.18. The number of nitrogens with zero attached hydrogens (tertiary/aromatic N) is 1. The Kier molecular flexibility index (Phi) is 7.30. The molecule has 1 aliphatic rings. The first-order valence-electron chi connectivity index (χ1n) is 11.0. The molecule has 3 aromatic rings. The van der Waals surface area contributed by atoms with E-state index in [1.54, 1.807) is 24.3 Å². The van der Waals surface area contributed by atoms with Crippen molar-refractivity contribution in [1.29, 1.82) is 0 Å². The molecule has 4 rings (SSSR count). The molecule has 0 aliphatic carbocycles. The quantitative estimate of drug-likeness (QED) is 0.249. The Bertz CT molecular complexity index is 1290. The minimum atomic E-state index is -2.04. The summed E-state index contributed by atoms with van der Waals surface area (Å²) < 4.78 is 5.83. The number of benzene rings is 3. The van der Waals surface area contributed by atoms with Crippen molar-refractivity contribution >= 4 is 46.4 Å². The standard InChI is InChI=1S/C26H24N2O6S/c27-26(25(32)33,14-20(30)15-29)28-11-12-35-24(28)19-8-3-7-18(13-19)22(31)16-34-23-10-4-6-17-5-1-2-9-21(17)23/h1-10,13,15,24H,11-12,14,16,27H2,(H,32,33). The molecule has 2 unspecified atom stereocenters. The number of carboxylic acids is 1. The van der Waals surface area contributed by atoms with Gasteiger partial charge in [0.1, 0.15) is 5.75 Å². The first-order chi connectivity index (χ1) is 16.8. The summed E-state index contributed by atoms with van der Waals surface area (Å²) in [5, 5.41) is 11.2. The number of hydrogen-bond donors (Lipinski definition) is 2. The van der Waals surface area contributed by atoms with Gasteiger partial charge in [-0.25, -0.2) is 4.79 Å². The molecule has 2 atom stereocenters. The van der Waals surface area contributed by atoms with Gasteiger partial charge in [0, 0.05) is 23.2 Å². The third-order valence-electron chi connectivity index (χ3n) is 5.95. The molecule has 1 aliphatic heterocycles. The molecular formula is C26H24N2O6S. The number of fused-ring (bicyclic) bond motifs is 1. The van der Waals surface area contributed by atoms with E-state index in [1.807, 2.05) is 42.5 Å². The summed E-state index contributed by atoms with van der Waals surface area (Å²) in [6.07, 6.45) is -0.557. The first kappa shape index (κ1) is 24.6. The van der Waals surface area contributed by atoms with Crippen LogP contribution in [-0.2, 0) is 14.4 Å². The highest BCUT2D eigenvalue weighted by molar-refractivity contribution is 7.99. The SMILES string of the molecule is NC(CC(=O)C=O)(C(=O)O)N1CCSC1c1cccc(C(=O)COc2cccc3ccccc23)c1. The summed E-state index contributed by atoms with van der Waals surface area (Å²) in [6.45, 7) is 0.148. The second-order valence-electron chi connectivity index (χ2n) is 8.22. The number of ketones is 2. The highest BCUT2D eigenvalue weighted by Crippen LogP contribution is 2.42. The van der Waals surface area contributed by atoms with Gasteiger partial charge >= 0.3 is 5.97 Å². The molecule has 35 heavy (non-hydrogen) atoms. The molecule has 1 saturated heterocycles. The van der Waals surface area contributed by atoms with Crippen LogP contribution < -0.4 is 10.5 Å². The summed E-state index contributed by atoms with van der Waals surface area (Å²) >= 11 is 1.46. The molecule has 1 fully saturated rings. The van der Waals surface area contributed by atoms with E-state index in [4.69, 9.17) is 10.5 Å². The van der Waals surface area contributed by atoms with Crippen molar-refractivity contribution < 1.29 is 29.0 Å². The van der Waals surface area contributed by atoms with Gasteiger partial charge < -0.3 is 15.6 Å². The minimum Gasteiger partial charge on any atom is -0.485 e. The second-order valence-corrected chi connectivity index (χ2v) is 9.41. The monoisotopic (exact) mass is 492 g/mol. The fourth-order valence-corrected chi connectivity index (χ4v) is 5.51. The number of aliphatic carboxylic acids is 1. The van der Waals surface area contributed by atoms with Crippen LogP contribution in [0, 0.1) is 0 Å². The lowest BCUT2D eigenvalue weighted by molar-refractivity contribution is -0.154. The van der Waals surface area contributed by atoms with Gasteiger partial charge in [0.05, 0.1) is 11.8 Å². The predicted molar refractivity (Wildman–Crippen MR) is 132 cm³/mol. The van der Waals surface area contributed by atoms with Crippen LogP contribution in [-0.4, -0.2) is 58.4 Å².